The first-order valence-electron chi connectivity index (χ1n) is 8.28. The summed E-state index contributed by atoms with van der Waals surface area (Å²) in [4.78, 5) is 4.71. The average molecular weight is 378 g/mol. The Bertz CT molecular complexity index is 692. The molecule has 2 fully saturated rings. The Morgan fingerprint density at radius 3 is 2.12 bits per heavy atom. The minimum absolute atomic E-state index is 0.0654. The standard InChI is InChI=1S/C16H20BF5N2O2/c1-13(2)14(3,4)26-17(25-13)10-7-11(16(20,21)22)23-12(8-10)24-6-5-15(18,19)9-24/h7-8H,5-6,9H2,1-4H3. The second-order valence-electron chi connectivity index (χ2n) is 7.76. The molecule has 0 amide bonds. The van der Waals surface area contributed by atoms with Crippen LogP contribution in [-0.4, -0.2) is 42.3 Å². The summed E-state index contributed by atoms with van der Waals surface area (Å²) < 4.78 is 78.3. The Morgan fingerprint density at radius 2 is 1.65 bits per heavy atom. The normalized spacial score (nSPS) is 24.3. The first-order valence-corrected chi connectivity index (χ1v) is 8.28. The van der Waals surface area contributed by atoms with Crippen molar-refractivity contribution in [2.45, 2.75) is 57.4 Å². The molecule has 10 heteroatoms. The molecule has 0 atom stereocenters. The third-order valence-corrected chi connectivity index (χ3v) is 5.14. The summed E-state index contributed by atoms with van der Waals surface area (Å²) in [6, 6.07) is 2.18. The minimum atomic E-state index is -4.71. The van der Waals surface area contributed by atoms with E-state index >= 15 is 0 Å². The Labute approximate surface area is 148 Å². The lowest BCUT2D eigenvalue weighted by molar-refractivity contribution is -0.141. The van der Waals surface area contributed by atoms with Gasteiger partial charge in [-0.1, -0.05) is 0 Å². The van der Waals surface area contributed by atoms with E-state index < -0.39 is 49.1 Å². The zero-order chi connectivity index (χ0) is 19.5. The van der Waals surface area contributed by atoms with Crippen LogP contribution in [0.1, 0.15) is 39.8 Å². The highest BCUT2D eigenvalue weighted by Crippen LogP contribution is 2.38. The van der Waals surface area contributed by atoms with Crippen molar-refractivity contribution in [3.8, 4) is 0 Å². The third kappa shape index (κ3) is 3.53. The van der Waals surface area contributed by atoms with Crippen LogP contribution in [0, 0.1) is 0 Å². The van der Waals surface area contributed by atoms with Gasteiger partial charge in [-0.05, 0) is 45.3 Å². The maximum Gasteiger partial charge on any atom is 0.495 e. The van der Waals surface area contributed by atoms with Crippen LogP contribution < -0.4 is 10.4 Å². The zero-order valence-corrected chi connectivity index (χ0v) is 15.0. The number of anilines is 1. The van der Waals surface area contributed by atoms with Gasteiger partial charge in [0.15, 0.2) is 0 Å². The van der Waals surface area contributed by atoms with Gasteiger partial charge in [0.1, 0.15) is 11.5 Å². The van der Waals surface area contributed by atoms with Crippen LogP contribution in [0.3, 0.4) is 0 Å². The predicted molar refractivity (Wildman–Crippen MR) is 86.7 cm³/mol. The second-order valence-corrected chi connectivity index (χ2v) is 7.76. The first kappa shape index (κ1) is 19.3. The van der Waals surface area contributed by atoms with Crippen molar-refractivity contribution < 1.29 is 31.3 Å². The van der Waals surface area contributed by atoms with Gasteiger partial charge >= 0.3 is 13.3 Å². The Kier molecular flexibility index (Phi) is 4.31. The quantitative estimate of drug-likeness (QED) is 0.585. The molecule has 144 valence electrons. The number of halogens is 5. The van der Waals surface area contributed by atoms with E-state index in [1.807, 2.05) is 0 Å². The van der Waals surface area contributed by atoms with Crippen molar-refractivity contribution in [2.75, 3.05) is 18.0 Å². The van der Waals surface area contributed by atoms with E-state index in [0.717, 1.165) is 11.0 Å². The van der Waals surface area contributed by atoms with Gasteiger partial charge in [0, 0.05) is 13.0 Å². The highest BCUT2D eigenvalue weighted by Gasteiger charge is 2.52. The largest absolute Gasteiger partial charge is 0.495 e. The molecule has 1 aromatic rings. The van der Waals surface area contributed by atoms with Crippen molar-refractivity contribution in [3.63, 3.8) is 0 Å². The molecule has 3 heterocycles. The van der Waals surface area contributed by atoms with Crippen LogP contribution in [0.25, 0.3) is 0 Å². The van der Waals surface area contributed by atoms with Crippen molar-refractivity contribution >= 4 is 18.4 Å². The number of hydrogen-bond acceptors (Lipinski definition) is 4. The van der Waals surface area contributed by atoms with Gasteiger partial charge in [0.2, 0.25) is 0 Å². The summed E-state index contributed by atoms with van der Waals surface area (Å²) in [7, 11) is -1.04. The Balaban J connectivity index is 1.99. The van der Waals surface area contributed by atoms with Gasteiger partial charge in [0.25, 0.3) is 5.92 Å². The molecule has 4 nitrogen and oxygen atoms in total. The molecule has 0 saturated carbocycles. The summed E-state index contributed by atoms with van der Waals surface area (Å²) >= 11 is 0. The van der Waals surface area contributed by atoms with E-state index in [-0.39, 0.29) is 17.8 Å². The molecule has 2 saturated heterocycles. The molecule has 0 radical (unpaired) electrons. The summed E-state index contributed by atoms with van der Waals surface area (Å²) in [5.41, 5.74) is -2.52. The molecule has 26 heavy (non-hydrogen) atoms. The summed E-state index contributed by atoms with van der Waals surface area (Å²) in [5.74, 6) is -3.10. The van der Waals surface area contributed by atoms with Crippen LogP contribution in [0.4, 0.5) is 27.8 Å². The molecule has 0 N–H and O–H groups in total. The maximum atomic E-state index is 13.5. The fourth-order valence-electron chi connectivity index (χ4n) is 2.89. The maximum absolute atomic E-state index is 13.5. The van der Waals surface area contributed by atoms with Crippen LogP contribution in [0.15, 0.2) is 12.1 Å². The first-order chi connectivity index (χ1) is 11.7. The van der Waals surface area contributed by atoms with Gasteiger partial charge in [-0.15, -0.1) is 0 Å². The molecule has 0 aromatic carbocycles. The molecule has 1 aromatic heterocycles. The summed E-state index contributed by atoms with van der Waals surface area (Å²) in [6.45, 7) is 6.39. The Hall–Kier alpha value is -1.42. The molecule has 0 spiro atoms. The lowest BCUT2D eigenvalue weighted by Crippen LogP contribution is -2.41. The van der Waals surface area contributed by atoms with Crippen molar-refractivity contribution in [1.29, 1.82) is 0 Å². The highest BCUT2D eigenvalue weighted by molar-refractivity contribution is 6.62. The van der Waals surface area contributed by atoms with Gasteiger partial charge in [-0.3, -0.25) is 0 Å². The number of hydrogen-bond donors (Lipinski definition) is 0. The van der Waals surface area contributed by atoms with Crippen molar-refractivity contribution in [1.82, 2.24) is 4.98 Å². The van der Waals surface area contributed by atoms with E-state index in [2.05, 4.69) is 4.98 Å². The highest BCUT2D eigenvalue weighted by atomic mass is 19.4. The molecule has 0 aliphatic carbocycles. The smallest absolute Gasteiger partial charge is 0.399 e. The zero-order valence-electron chi connectivity index (χ0n) is 15.0. The monoisotopic (exact) mass is 378 g/mol. The average Bonchev–Trinajstić information content (AvgIpc) is 2.94. The van der Waals surface area contributed by atoms with Gasteiger partial charge in [-0.25, -0.2) is 13.8 Å². The van der Waals surface area contributed by atoms with Gasteiger partial charge in [-0.2, -0.15) is 13.2 Å². The van der Waals surface area contributed by atoms with E-state index in [9.17, 15) is 22.0 Å². The topological polar surface area (TPSA) is 34.6 Å². The predicted octanol–water partition coefficient (Wildman–Crippen LogP) is 3.25. The number of alkyl halides is 5. The number of pyridine rings is 1. The van der Waals surface area contributed by atoms with Gasteiger partial charge < -0.3 is 14.2 Å². The number of aromatic nitrogens is 1. The summed E-state index contributed by atoms with van der Waals surface area (Å²) in [6.07, 6.45) is -5.13. The molecule has 0 bridgehead atoms. The lowest BCUT2D eigenvalue weighted by atomic mass is 9.79. The SMILES string of the molecule is CC1(C)OB(c2cc(N3CCC(F)(F)C3)nc(C(F)(F)F)c2)OC1(C)C. The second kappa shape index (κ2) is 5.79. The van der Waals surface area contributed by atoms with Crippen LogP contribution in [0.2, 0.25) is 0 Å². The molecule has 2 aliphatic rings. The lowest BCUT2D eigenvalue weighted by Gasteiger charge is -2.32. The van der Waals surface area contributed by atoms with E-state index in [1.165, 1.54) is 6.07 Å². The third-order valence-electron chi connectivity index (χ3n) is 5.14. The minimum Gasteiger partial charge on any atom is -0.399 e. The van der Waals surface area contributed by atoms with E-state index in [4.69, 9.17) is 9.31 Å². The molecular weight excluding hydrogens is 358 g/mol. The van der Waals surface area contributed by atoms with Crippen LogP contribution in [0.5, 0.6) is 0 Å². The fraction of sp³-hybridized carbons (Fsp3) is 0.688. The van der Waals surface area contributed by atoms with Gasteiger partial charge in [0.05, 0.1) is 17.7 Å². The van der Waals surface area contributed by atoms with Crippen LogP contribution in [-0.2, 0) is 15.5 Å². The summed E-state index contributed by atoms with van der Waals surface area (Å²) in [5, 5.41) is 0. The number of nitrogens with zero attached hydrogens (tertiary/aromatic N) is 2. The molecule has 3 rings (SSSR count). The van der Waals surface area contributed by atoms with Crippen molar-refractivity contribution in [3.05, 3.63) is 17.8 Å². The van der Waals surface area contributed by atoms with Crippen LogP contribution >= 0.6 is 0 Å². The fourth-order valence-corrected chi connectivity index (χ4v) is 2.89. The molecular formula is C16H20BF5N2O2. The molecule has 0 unspecified atom stereocenters. The molecule has 2 aliphatic heterocycles. The van der Waals surface area contributed by atoms with E-state index in [0.29, 0.717) is 0 Å². The number of rotatable bonds is 2. The Morgan fingerprint density at radius 1 is 1.08 bits per heavy atom. The van der Waals surface area contributed by atoms with E-state index in [1.54, 1.807) is 27.7 Å². The van der Waals surface area contributed by atoms with Crippen molar-refractivity contribution in [2.24, 2.45) is 0 Å².